The highest BCUT2D eigenvalue weighted by Gasteiger charge is 2.16. The number of hydrogen-bond acceptors (Lipinski definition) is 4. The molecule has 0 aliphatic carbocycles. The number of carbonyl (C=O) groups is 1. The molecule has 0 spiro atoms. The zero-order valence-corrected chi connectivity index (χ0v) is 10.3. The SMILES string of the molecule is CCOC(=O)CC(N)c1ccccc1OCC. The van der Waals surface area contributed by atoms with Crippen LogP contribution in [0.1, 0.15) is 31.9 Å². The lowest BCUT2D eigenvalue weighted by molar-refractivity contribution is -0.143. The second-order valence-corrected chi connectivity index (χ2v) is 3.59. The molecule has 0 radical (unpaired) electrons. The highest BCUT2D eigenvalue weighted by Crippen LogP contribution is 2.25. The molecular weight excluding hydrogens is 218 g/mol. The standard InChI is InChI=1S/C13H19NO3/c1-3-16-12-8-6-5-7-10(12)11(14)9-13(15)17-4-2/h5-8,11H,3-4,9,14H2,1-2H3. The first-order valence-corrected chi connectivity index (χ1v) is 5.82. The lowest BCUT2D eigenvalue weighted by atomic mass is 10.0. The minimum absolute atomic E-state index is 0.165. The van der Waals surface area contributed by atoms with E-state index in [1.165, 1.54) is 0 Å². The van der Waals surface area contributed by atoms with Gasteiger partial charge in [0.15, 0.2) is 0 Å². The van der Waals surface area contributed by atoms with Crippen molar-refractivity contribution in [3.05, 3.63) is 29.8 Å². The highest BCUT2D eigenvalue weighted by molar-refractivity contribution is 5.70. The Bertz CT molecular complexity index is 365. The van der Waals surface area contributed by atoms with Crippen molar-refractivity contribution < 1.29 is 14.3 Å². The van der Waals surface area contributed by atoms with Crippen LogP contribution in [-0.2, 0) is 9.53 Å². The Morgan fingerprint density at radius 1 is 1.29 bits per heavy atom. The number of carbonyl (C=O) groups excluding carboxylic acids is 1. The van der Waals surface area contributed by atoms with Gasteiger partial charge in [0.05, 0.1) is 19.6 Å². The molecule has 0 saturated carbocycles. The Morgan fingerprint density at radius 2 is 2.00 bits per heavy atom. The minimum atomic E-state index is -0.392. The van der Waals surface area contributed by atoms with Gasteiger partial charge in [0.2, 0.25) is 0 Å². The van der Waals surface area contributed by atoms with Crippen molar-refractivity contribution in [3.63, 3.8) is 0 Å². The van der Waals surface area contributed by atoms with Crippen molar-refractivity contribution in [2.75, 3.05) is 13.2 Å². The molecule has 0 aromatic heterocycles. The zero-order valence-electron chi connectivity index (χ0n) is 10.3. The number of hydrogen-bond donors (Lipinski definition) is 1. The third-order valence-corrected chi connectivity index (χ3v) is 2.31. The van der Waals surface area contributed by atoms with E-state index in [4.69, 9.17) is 15.2 Å². The van der Waals surface area contributed by atoms with Crippen LogP contribution < -0.4 is 10.5 Å². The molecule has 0 bridgehead atoms. The van der Waals surface area contributed by atoms with E-state index in [-0.39, 0.29) is 12.4 Å². The fourth-order valence-corrected chi connectivity index (χ4v) is 1.58. The molecular formula is C13H19NO3. The van der Waals surface area contributed by atoms with Crippen LogP contribution in [0.4, 0.5) is 0 Å². The fourth-order valence-electron chi connectivity index (χ4n) is 1.58. The molecule has 94 valence electrons. The van der Waals surface area contributed by atoms with Crippen LogP contribution in [0.2, 0.25) is 0 Å². The van der Waals surface area contributed by atoms with Gasteiger partial charge in [0.1, 0.15) is 5.75 Å². The van der Waals surface area contributed by atoms with Crippen molar-refractivity contribution in [1.29, 1.82) is 0 Å². The predicted molar refractivity (Wildman–Crippen MR) is 65.8 cm³/mol. The maximum atomic E-state index is 11.4. The van der Waals surface area contributed by atoms with Gasteiger partial charge in [-0.2, -0.15) is 0 Å². The summed E-state index contributed by atoms with van der Waals surface area (Å²) >= 11 is 0. The second kappa shape index (κ2) is 6.91. The second-order valence-electron chi connectivity index (χ2n) is 3.59. The molecule has 4 nitrogen and oxygen atoms in total. The monoisotopic (exact) mass is 237 g/mol. The third-order valence-electron chi connectivity index (χ3n) is 2.31. The lowest BCUT2D eigenvalue weighted by Gasteiger charge is -2.15. The summed E-state index contributed by atoms with van der Waals surface area (Å²) in [5, 5.41) is 0. The number of esters is 1. The van der Waals surface area contributed by atoms with E-state index in [0.29, 0.717) is 13.2 Å². The van der Waals surface area contributed by atoms with E-state index in [1.54, 1.807) is 6.92 Å². The minimum Gasteiger partial charge on any atom is -0.494 e. The summed E-state index contributed by atoms with van der Waals surface area (Å²) in [5.74, 6) is 0.443. The van der Waals surface area contributed by atoms with Gasteiger partial charge in [0, 0.05) is 11.6 Å². The van der Waals surface area contributed by atoms with Gasteiger partial charge in [-0.3, -0.25) is 4.79 Å². The lowest BCUT2D eigenvalue weighted by Crippen LogP contribution is -2.18. The molecule has 1 unspecified atom stereocenters. The maximum Gasteiger partial charge on any atom is 0.307 e. The van der Waals surface area contributed by atoms with Gasteiger partial charge >= 0.3 is 5.97 Å². The molecule has 0 fully saturated rings. The number of ether oxygens (including phenoxy) is 2. The molecule has 1 aromatic carbocycles. The summed E-state index contributed by atoms with van der Waals surface area (Å²) in [6.07, 6.45) is 0.165. The van der Waals surface area contributed by atoms with Crippen molar-refractivity contribution in [2.45, 2.75) is 26.3 Å². The first-order valence-electron chi connectivity index (χ1n) is 5.82. The first kappa shape index (κ1) is 13.5. The van der Waals surface area contributed by atoms with E-state index in [2.05, 4.69) is 0 Å². The summed E-state index contributed by atoms with van der Waals surface area (Å²) in [5.41, 5.74) is 6.81. The summed E-state index contributed by atoms with van der Waals surface area (Å²) in [6.45, 7) is 4.63. The molecule has 4 heteroatoms. The molecule has 2 N–H and O–H groups in total. The Hall–Kier alpha value is -1.55. The van der Waals surface area contributed by atoms with Crippen LogP contribution in [0.3, 0.4) is 0 Å². The molecule has 0 aliphatic rings. The highest BCUT2D eigenvalue weighted by atomic mass is 16.5. The van der Waals surface area contributed by atoms with E-state index in [9.17, 15) is 4.79 Å². The van der Waals surface area contributed by atoms with E-state index < -0.39 is 6.04 Å². The number of nitrogens with two attached hydrogens (primary N) is 1. The molecule has 1 aromatic rings. The number of benzene rings is 1. The van der Waals surface area contributed by atoms with Gasteiger partial charge in [-0.25, -0.2) is 0 Å². The number of rotatable bonds is 6. The van der Waals surface area contributed by atoms with Crippen LogP contribution >= 0.6 is 0 Å². The Balaban J connectivity index is 2.73. The van der Waals surface area contributed by atoms with Crippen molar-refractivity contribution in [1.82, 2.24) is 0 Å². The van der Waals surface area contributed by atoms with Crippen LogP contribution in [0, 0.1) is 0 Å². The molecule has 0 amide bonds. The average molecular weight is 237 g/mol. The fraction of sp³-hybridized carbons (Fsp3) is 0.462. The molecule has 17 heavy (non-hydrogen) atoms. The third kappa shape index (κ3) is 4.07. The molecule has 1 rings (SSSR count). The van der Waals surface area contributed by atoms with E-state index in [0.717, 1.165) is 11.3 Å². The maximum absolute atomic E-state index is 11.4. The van der Waals surface area contributed by atoms with E-state index in [1.807, 2.05) is 31.2 Å². The Kier molecular flexibility index (Phi) is 5.49. The van der Waals surface area contributed by atoms with Crippen molar-refractivity contribution >= 4 is 5.97 Å². The van der Waals surface area contributed by atoms with Gasteiger partial charge in [-0.1, -0.05) is 18.2 Å². The summed E-state index contributed by atoms with van der Waals surface area (Å²) in [7, 11) is 0. The van der Waals surface area contributed by atoms with Crippen LogP contribution in [0.15, 0.2) is 24.3 Å². The molecule has 0 heterocycles. The summed E-state index contributed by atoms with van der Waals surface area (Å²) in [4.78, 5) is 11.4. The summed E-state index contributed by atoms with van der Waals surface area (Å²) in [6, 6.07) is 7.09. The first-order chi connectivity index (χ1) is 8.19. The zero-order chi connectivity index (χ0) is 12.7. The topological polar surface area (TPSA) is 61.5 Å². The van der Waals surface area contributed by atoms with Gasteiger partial charge in [-0.05, 0) is 19.9 Å². The van der Waals surface area contributed by atoms with Gasteiger partial charge in [0.25, 0.3) is 0 Å². The molecule has 0 aliphatic heterocycles. The molecule has 1 atom stereocenters. The van der Waals surface area contributed by atoms with Crippen LogP contribution in [-0.4, -0.2) is 19.2 Å². The number of para-hydroxylation sites is 1. The van der Waals surface area contributed by atoms with Gasteiger partial charge < -0.3 is 15.2 Å². The van der Waals surface area contributed by atoms with Crippen LogP contribution in [0.5, 0.6) is 5.75 Å². The van der Waals surface area contributed by atoms with Gasteiger partial charge in [-0.15, -0.1) is 0 Å². The quantitative estimate of drug-likeness (QED) is 0.769. The predicted octanol–water partition coefficient (Wildman–Crippen LogP) is 2.04. The Morgan fingerprint density at radius 3 is 2.65 bits per heavy atom. The van der Waals surface area contributed by atoms with Crippen LogP contribution in [0.25, 0.3) is 0 Å². The normalized spacial score (nSPS) is 11.9. The Labute approximate surface area is 102 Å². The largest absolute Gasteiger partial charge is 0.494 e. The summed E-state index contributed by atoms with van der Waals surface area (Å²) < 4.78 is 10.3. The van der Waals surface area contributed by atoms with E-state index >= 15 is 0 Å². The van der Waals surface area contributed by atoms with Crippen molar-refractivity contribution in [3.8, 4) is 5.75 Å². The van der Waals surface area contributed by atoms with Crippen molar-refractivity contribution in [2.24, 2.45) is 5.73 Å². The molecule has 0 saturated heterocycles. The average Bonchev–Trinajstić information content (AvgIpc) is 2.30. The smallest absolute Gasteiger partial charge is 0.307 e.